The molecule has 0 atom stereocenters. The number of anilines is 1. The maximum Gasteiger partial charge on any atom is 0.245 e. The SMILES string of the molecule is COc1ccc(CC(=O)N(CC(C)C)Nc2nc(C#N)ncc2C)cc1. The standard InChI is InChI=1S/C19H23N5O2/c1-13(2)12-24(23-19-14(3)11-21-17(10-20)22-19)18(25)9-15-5-7-16(26-4)8-6-15/h5-8,11,13H,9,12H2,1-4H3,(H,21,22,23). The van der Waals surface area contributed by atoms with Crippen molar-refractivity contribution in [3.05, 3.63) is 47.4 Å². The lowest BCUT2D eigenvalue weighted by molar-refractivity contribution is -0.129. The molecule has 0 bridgehead atoms. The number of carbonyl (C=O) groups is 1. The molecule has 1 N–H and O–H groups in total. The highest BCUT2D eigenvalue weighted by Crippen LogP contribution is 2.15. The Morgan fingerprint density at radius 2 is 2.04 bits per heavy atom. The first kappa shape index (κ1) is 19.2. The van der Waals surface area contributed by atoms with Gasteiger partial charge in [-0.2, -0.15) is 10.2 Å². The molecular weight excluding hydrogens is 330 g/mol. The summed E-state index contributed by atoms with van der Waals surface area (Å²) in [6.45, 7) is 6.40. The maximum absolute atomic E-state index is 12.8. The molecule has 1 aromatic carbocycles. The van der Waals surface area contributed by atoms with Gasteiger partial charge in [-0.05, 0) is 30.5 Å². The molecule has 0 aliphatic carbocycles. The van der Waals surface area contributed by atoms with Gasteiger partial charge in [0.1, 0.15) is 11.8 Å². The molecule has 0 aliphatic rings. The summed E-state index contributed by atoms with van der Waals surface area (Å²) >= 11 is 0. The third-order valence-electron chi connectivity index (χ3n) is 3.68. The second-order valence-corrected chi connectivity index (χ2v) is 6.37. The zero-order valence-corrected chi connectivity index (χ0v) is 15.5. The van der Waals surface area contributed by atoms with Crippen molar-refractivity contribution in [2.24, 2.45) is 5.92 Å². The van der Waals surface area contributed by atoms with Crippen LogP contribution >= 0.6 is 0 Å². The Hall–Kier alpha value is -3.14. The molecule has 0 unspecified atom stereocenters. The second-order valence-electron chi connectivity index (χ2n) is 6.37. The molecular formula is C19H23N5O2. The molecule has 2 rings (SSSR count). The topological polar surface area (TPSA) is 91.1 Å². The van der Waals surface area contributed by atoms with Crippen LogP contribution in [0.1, 0.15) is 30.8 Å². The van der Waals surface area contributed by atoms with Gasteiger partial charge in [-0.15, -0.1) is 0 Å². The van der Waals surface area contributed by atoms with E-state index in [-0.39, 0.29) is 24.1 Å². The minimum atomic E-state index is -0.0830. The molecule has 2 aromatic rings. The van der Waals surface area contributed by atoms with Crippen molar-refractivity contribution < 1.29 is 9.53 Å². The molecule has 0 saturated carbocycles. The number of ether oxygens (including phenoxy) is 1. The number of benzene rings is 1. The van der Waals surface area contributed by atoms with E-state index in [1.807, 2.05) is 51.1 Å². The smallest absolute Gasteiger partial charge is 0.245 e. The summed E-state index contributed by atoms with van der Waals surface area (Å²) in [5.41, 5.74) is 4.70. The Balaban J connectivity index is 2.17. The van der Waals surface area contributed by atoms with Crippen LogP contribution in [0.5, 0.6) is 5.75 Å². The number of amides is 1. The number of hydrazine groups is 1. The van der Waals surface area contributed by atoms with Crippen LogP contribution in [0.4, 0.5) is 5.82 Å². The Morgan fingerprint density at radius 3 is 2.62 bits per heavy atom. The molecule has 0 spiro atoms. The third-order valence-corrected chi connectivity index (χ3v) is 3.68. The summed E-state index contributed by atoms with van der Waals surface area (Å²) in [6, 6.07) is 9.31. The average molecular weight is 353 g/mol. The fourth-order valence-corrected chi connectivity index (χ4v) is 2.33. The summed E-state index contributed by atoms with van der Waals surface area (Å²) in [5, 5.41) is 10.5. The van der Waals surface area contributed by atoms with Crippen molar-refractivity contribution in [1.82, 2.24) is 15.0 Å². The summed E-state index contributed by atoms with van der Waals surface area (Å²) in [6.07, 6.45) is 1.81. The summed E-state index contributed by atoms with van der Waals surface area (Å²) < 4.78 is 5.14. The van der Waals surface area contributed by atoms with E-state index in [1.54, 1.807) is 18.3 Å². The van der Waals surface area contributed by atoms with E-state index >= 15 is 0 Å². The molecule has 1 heterocycles. The molecule has 0 saturated heterocycles. The number of aryl methyl sites for hydroxylation is 1. The molecule has 26 heavy (non-hydrogen) atoms. The minimum Gasteiger partial charge on any atom is -0.497 e. The van der Waals surface area contributed by atoms with Crippen molar-refractivity contribution in [1.29, 1.82) is 5.26 Å². The Morgan fingerprint density at radius 1 is 1.35 bits per heavy atom. The van der Waals surface area contributed by atoms with Crippen LogP contribution in [0.15, 0.2) is 30.5 Å². The fourth-order valence-electron chi connectivity index (χ4n) is 2.33. The Bertz CT molecular complexity index is 797. The first-order chi connectivity index (χ1) is 12.4. The largest absolute Gasteiger partial charge is 0.497 e. The van der Waals surface area contributed by atoms with Crippen LogP contribution in [-0.2, 0) is 11.2 Å². The van der Waals surface area contributed by atoms with Crippen LogP contribution in [-0.4, -0.2) is 34.5 Å². The van der Waals surface area contributed by atoms with Gasteiger partial charge >= 0.3 is 0 Å². The van der Waals surface area contributed by atoms with Crippen molar-refractivity contribution in [2.45, 2.75) is 27.2 Å². The molecule has 136 valence electrons. The van der Waals surface area contributed by atoms with Gasteiger partial charge < -0.3 is 4.74 Å². The van der Waals surface area contributed by atoms with Gasteiger partial charge in [0.2, 0.25) is 11.7 Å². The Kier molecular flexibility index (Phi) is 6.50. The molecule has 7 nitrogen and oxygen atoms in total. The Labute approximate surface area is 153 Å². The predicted molar refractivity (Wildman–Crippen MR) is 98.4 cm³/mol. The van der Waals surface area contributed by atoms with Gasteiger partial charge in [0.15, 0.2) is 5.82 Å². The normalized spacial score (nSPS) is 10.3. The number of nitrogens with zero attached hydrogens (tertiary/aromatic N) is 4. The number of carbonyl (C=O) groups excluding carboxylic acids is 1. The lowest BCUT2D eigenvalue weighted by Crippen LogP contribution is -2.40. The van der Waals surface area contributed by atoms with E-state index in [2.05, 4.69) is 15.4 Å². The molecule has 0 radical (unpaired) electrons. The van der Waals surface area contributed by atoms with Crippen LogP contribution in [0.2, 0.25) is 0 Å². The van der Waals surface area contributed by atoms with E-state index < -0.39 is 0 Å². The van der Waals surface area contributed by atoms with Crippen LogP contribution in [0.3, 0.4) is 0 Å². The van der Waals surface area contributed by atoms with Gasteiger partial charge in [-0.25, -0.2) is 4.98 Å². The summed E-state index contributed by atoms with van der Waals surface area (Å²) in [4.78, 5) is 20.9. The highest BCUT2D eigenvalue weighted by atomic mass is 16.5. The quantitative estimate of drug-likeness (QED) is 0.770. The molecule has 0 aliphatic heterocycles. The first-order valence-electron chi connectivity index (χ1n) is 8.36. The molecule has 1 amide bonds. The number of nitrogens with one attached hydrogen (secondary N) is 1. The predicted octanol–water partition coefficient (Wildman–Crippen LogP) is 2.72. The van der Waals surface area contributed by atoms with E-state index in [9.17, 15) is 4.79 Å². The minimum absolute atomic E-state index is 0.0604. The summed E-state index contributed by atoms with van der Waals surface area (Å²) in [7, 11) is 1.61. The number of nitriles is 1. The summed E-state index contributed by atoms with van der Waals surface area (Å²) in [5.74, 6) is 1.45. The zero-order chi connectivity index (χ0) is 19.1. The van der Waals surface area contributed by atoms with Crippen molar-refractivity contribution in [2.75, 3.05) is 19.1 Å². The van der Waals surface area contributed by atoms with Gasteiger partial charge in [0.05, 0.1) is 13.5 Å². The average Bonchev–Trinajstić information content (AvgIpc) is 2.63. The van der Waals surface area contributed by atoms with E-state index in [0.717, 1.165) is 16.9 Å². The van der Waals surface area contributed by atoms with E-state index in [1.165, 1.54) is 0 Å². The number of aromatic nitrogens is 2. The van der Waals surface area contributed by atoms with Crippen LogP contribution in [0, 0.1) is 24.2 Å². The number of hydrogen-bond donors (Lipinski definition) is 1. The number of rotatable bonds is 7. The molecule has 7 heteroatoms. The highest BCUT2D eigenvalue weighted by molar-refractivity contribution is 5.80. The van der Waals surface area contributed by atoms with Gasteiger partial charge in [0.25, 0.3) is 0 Å². The first-order valence-corrected chi connectivity index (χ1v) is 8.36. The maximum atomic E-state index is 12.8. The van der Waals surface area contributed by atoms with E-state index in [4.69, 9.17) is 10.00 Å². The van der Waals surface area contributed by atoms with Crippen LogP contribution in [0.25, 0.3) is 0 Å². The highest BCUT2D eigenvalue weighted by Gasteiger charge is 2.17. The zero-order valence-electron chi connectivity index (χ0n) is 15.5. The van der Waals surface area contributed by atoms with Crippen LogP contribution < -0.4 is 10.2 Å². The fraction of sp³-hybridized carbons (Fsp3) is 0.368. The van der Waals surface area contributed by atoms with Crippen molar-refractivity contribution in [3.8, 4) is 11.8 Å². The second kappa shape index (κ2) is 8.81. The van der Waals surface area contributed by atoms with Gasteiger partial charge in [-0.3, -0.25) is 15.2 Å². The monoisotopic (exact) mass is 353 g/mol. The molecule has 1 aromatic heterocycles. The lowest BCUT2D eigenvalue weighted by Gasteiger charge is -2.26. The number of methoxy groups -OCH3 is 1. The third kappa shape index (κ3) is 5.18. The van der Waals surface area contributed by atoms with E-state index in [0.29, 0.717) is 12.4 Å². The molecule has 0 fully saturated rings. The van der Waals surface area contributed by atoms with Gasteiger partial charge in [-0.1, -0.05) is 26.0 Å². The lowest BCUT2D eigenvalue weighted by atomic mass is 10.1. The van der Waals surface area contributed by atoms with Crippen molar-refractivity contribution in [3.63, 3.8) is 0 Å². The number of hydrogen-bond acceptors (Lipinski definition) is 6. The van der Waals surface area contributed by atoms with Crippen molar-refractivity contribution >= 4 is 11.7 Å². The van der Waals surface area contributed by atoms with Gasteiger partial charge in [0, 0.05) is 18.3 Å².